The van der Waals surface area contributed by atoms with Gasteiger partial charge in [0.2, 0.25) is 0 Å². The highest BCUT2D eigenvalue weighted by Gasteiger charge is 2.38. The molecule has 1 aliphatic rings. The number of carbonyl (C=O) groups is 1. The number of tetrazole rings is 1. The van der Waals surface area contributed by atoms with Crippen LogP contribution in [0.1, 0.15) is 51.3 Å². The highest BCUT2D eigenvalue weighted by atomic mass is 16.4. The lowest BCUT2D eigenvalue weighted by molar-refractivity contribution is -0.150. The first-order chi connectivity index (χ1) is 8.13. The summed E-state index contributed by atoms with van der Waals surface area (Å²) in [6.45, 7) is 4.17. The van der Waals surface area contributed by atoms with Crippen LogP contribution >= 0.6 is 0 Å². The van der Waals surface area contributed by atoms with Gasteiger partial charge in [0.05, 0.1) is 12.0 Å². The molecule has 1 heterocycles. The summed E-state index contributed by atoms with van der Waals surface area (Å²) in [6, 6.07) is 0. The molecule has 1 aromatic heterocycles. The van der Waals surface area contributed by atoms with Crippen LogP contribution in [-0.4, -0.2) is 31.3 Å². The summed E-state index contributed by atoms with van der Waals surface area (Å²) in [5, 5.41) is 21.0. The van der Waals surface area contributed by atoms with E-state index >= 15 is 0 Å². The molecule has 94 valence electrons. The zero-order chi connectivity index (χ0) is 12.5. The average molecular weight is 238 g/mol. The molecule has 0 unspecified atom stereocenters. The smallest absolute Gasteiger partial charge is 0.311 e. The summed E-state index contributed by atoms with van der Waals surface area (Å²) in [4.78, 5) is 11.4. The van der Waals surface area contributed by atoms with Gasteiger partial charge in [0, 0.05) is 5.92 Å². The molecule has 0 bridgehead atoms. The van der Waals surface area contributed by atoms with Gasteiger partial charge in [-0.25, -0.2) is 4.68 Å². The quantitative estimate of drug-likeness (QED) is 0.811. The number of nitrogens with zero attached hydrogens (tertiary/aromatic N) is 4. The Morgan fingerprint density at radius 3 is 2.59 bits per heavy atom. The highest BCUT2D eigenvalue weighted by molar-refractivity contribution is 5.74. The minimum atomic E-state index is -0.764. The molecule has 1 aromatic rings. The van der Waals surface area contributed by atoms with Crippen LogP contribution in [0.3, 0.4) is 0 Å². The van der Waals surface area contributed by atoms with Crippen LogP contribution in [0.4, 0.5) is 0 Å². The lowest BCUT2D eigenvalue weighted by atomic mass is 9.82. The highest BCUT2D eigenvalue weighted by Crippen LogP contribution is 2.39. The van der Waals surface area contributed by atoms with E-state index in [4.69, 9.17) is 0 Å². The lowest BCUT2D eigenvalue weighted by Gasteiger charge is -2.26. The number of hydrogen-bond acceptors (Lipinski definition) is 4. The molecule has 0 atom stereocenters. The van der Waals surface area contributed by atoms with Gasteiger partial charge in [0.1, 0.15) is 0 Å². The van der Waals surface area contributed by atoms with Crippen LogP contribution in [0.25, 0.3) is 0 Å². The SMILES string of the molecule is CCC(CC)(Cn1nnnc1C1CC1)C(=O)O. The second kappa shape index (κ2) is 4.43. The summed E-state index contributed by atoms with van der Waals surface area (Å²) in [7, 11) is 0. The molecule has 1 saturated carbocycles. The number of carboxylic acids is 1. The number of hydrogen-bond donors (Lipinski definition) is 1. The Hall–Kier alpha value is -1.46. The van der Waals surface area contributed by atoms with E-state index in [1.807, 2.05) is 13.8 Å². The molecule has 6 nitrogen and oxygen atoms in total. The van der Waals surface area contributed by atoms with Crippen LogP contribution in [0.2, 0.25) is 0 Å². The monoisotopic (exact) mass is 238 g/mol. The molecule has 1 N–H and O–H groups in total. The number of aromatic nitrogens is 4. The van der Waals surface area contributed by atoms with E-state index < -0.39 is 11.4 Å². The van der Waals surface area contributed by atoms with Gasteiger partial charge in [-0.15, -0.1) is 5.10 Å². The maximum Gasteiger partial charge on any atom is 0.311 e. The van der Waals surface area contributed by atoms with E-state index in [-0.39, 0.29) is 0 Å². The van der Waals surface area contributed by atoms with E-state index in [2.05, 4.69) is 15.5 Å². The molecule has 0 spiro atoms. The Labute approximate surface area is 100 Å². The number of carboxylic acid groups (broad SMARTS) is 1. The van der Waals surface area contributed by atoms with Crippen molar-refractivity contribution < 1.29 is 9.90 Å². The fourth-order valence-electron chi connectivity index (χ4n) is 2.09. The molecule has 2 rings (SSSR count). The predicted octanol–water partition coefficient (Wildman–Crippen LogP) is 1.44. The summed E-state index contributed by atoms with van der Waals surface area (Å²) in [5.41, 5.74) is -0.751. The lowest BCUT2D eigenvalue weighted by Crippen LogP contribution is -2.35. The first kappa shape index (κ1) is 12.0. The van der Waals surface area contributed by atoms with Crippen molar-refractivity contribution in [1.82, 2.24) is 20.2 Å². The topological polar surface area (TPSA) is 80.9 Å². The Morgan fingerprint density at radius 1 is 1.47 bits per heavy atom. The second-order valence-electron chi connectivity index (χ2n) is 4.76. The first-order valence-electron chi connectivity index (χ1n) is 6.12. The Bertz CT molecular complexity index is 407. The van der Waals surface area contributed by atoms with E-state index in [9.17, 15) is 9.90 Å². The van der Waals surface area contributed by atoms with Crippen LogP contribution < -0.4 is 0 Å². The third-order valence-corrected chi connectivity index (χ3v) is 3.76. The van der Waals surface area contributed by atoms with Crippen molar-refractivity contribution in [1.29, 1.82) is 0 Å². The van der Waals surface area contributed by atoms with Gasteiger partial charge in [0.25, 0.3) is 0 Å². The normalized spacial score (nSPS) is 16.1. The average Bonchev–Trinajstić information content (AvgIpc) is 3.06. The Kier molecular flexibility index (Phi) is 3.13. The van der Waals surface area contributed by atoms with E-state index in [0.717, 1.165) is 18.7 Å². The minimum Gasteiger partial charge on any atom is -0.481 e. The molecule has 0 aromatic carbocycles. The van der Waals surface area contributed by atoms with Crippen molar-refractivity contribution in [2.75, 3.05) is 0 Å². The first-order valence-corrected chi connectivity index (χ1v) is 6.12. The van der Waals surface area contributed by atoms with E-state index in [0.29, 0.717) is 25.3 Å². The van der Waals surface area contributed by atoms with Crippen LogP contribution in [0.15, 0.2) is 0 Å². The molecule has 1 aliphatic carbocycles. The standard InChI is InChI=1S/C11H18N4O2/c1-3-11(4-2,10(16)17)7-15-9(8-5-6-8)12-13-14-15/h8H,3-7H2,1-2H3,(H,16,17). The fourth-order valence-corrected chi connectivity index (χ4v) is 2.09. The summed E-state index contributed by atoms with van der Waals surface area (Å²) in [5.74, 6) is 0.516. The Morgan fingerprint density at radius 2 is 2.12 bits per heavy atom. The summed E-state index contributed by atoms with van der Waals surface area (Å²) < 4.78 is 1.68. The number of aliphatic carboxylic acids is 1. The summed E-state index contributed by atoms with van der Waals surface area (Å²) in [6.07, 6.45) is 3.39. The van der Waals surface area contributed by atoms with E-state index in [1.54, 1.807) is 4.68 Å². The number of rotatable bonds is 6. The molecule has 0 amide bonds. The van der Waals surface area contributed by atoms with Gasteiger partial charge in [-0.1, -0.05) is 13.8 Å². The van der Waals surface area contributed by atoms with Crippen LogP contribution in [0.5, 0.6) is 0 Å². The third-order valence-electron chi connectivity index (χ3n) is 3.76. The van der Waals surface area contributed by atoms with Crippen LogP contribution in [0, 0.1) is 5.41 Å². The fraction of sp³-hybridized carbons (Fsp3) is 0.818. The third kappa shape index (κ3) is 2.16. The molecular formula is C11H18N4O2. The molecule has 0 radical (unpaired) electrons. The second-order valence-corrected chi connectivity index (χ2v) is 4.76. The molecule has 6 heteroatoms. The maximum atomic E-state index is 11.4. The Balaban J connectivity index is 2.22. The maximum absolute atomic E-state index is 11.4. The van der Waals surface area contributed by atoms with Gasteiger partial charge in [0.15, 0.2) is 5.82 Å². The van der Waals surface area contributed by atoms with Gasteiger partial charge in [-0.3, -0.25) is 4.79 Å². The molecule has 0 aliphatic heterocycles. The zero-order valence-corrected chi connectivity index (χ0v) is 10.3. The molecular weight excluding hydrogens is 220 g/mol. The van der Waals surface area contributed by atoms with Crippen molar-refractivity contribution >= 4 is 5.97 Å². The largest absolute Gasteiger partial charge is 0.481 e. The van der Waals surface area contributed by atoms with Crippen molar-refractivity contribution in [2.45, 2.75) is 52.0 Å². The van der Waals surface area contributed by atoms with Gasteiger partial charge in [-0.2, -0.15) is 0 Å². The van der Waals surface area contributed by atoms with Crippen molar-refractivity contribution in [2.24, 2.45) is 5.41 Å². The molecule has 0 saturated heterocycles. The summed E-state index contributed by atoms with van der Waals surface area (Å²) >= 11 is 0. The predicted molar refractivity (Wildman–Crippen MR) is 60.4 cm³/mol. The van der Waals surface area contributed by atoms with Crippen molar-refractivity contribution in [3.8, 4) is 0 Å². The van der Waals surface area contributed by atoms with Crippen molar-refractivity contribution in [3.63, 3.8) is 0 Å². The minimum absolute atomic E-state index is 0.369. The van der Waals surface area contributed by atoms with Gasteiger partial charge < -0.3 is 5.11 Å². The van der Waals surface area contributed by atoms with Gasteiger partial charge >= 0.3 is 5.97 Å². The molecule has 1 fully saturated rings. The molecule has 17 heavy (non-hydrogen) atoms. The van der Waals surface area contributed by atoms with Crippen LogP contribution in [-0.2, 0) is 11.3 Å². The van der Waals surface area contributed by atoms with E-state index in [1.165, 1.54) is 0 Å². The van der Waals surface area contributed by atoms with Gasteiger partial charge in [-0.05, 0) is 36.1 Å². The zero-order valence-electron chi connectivity index (χ0n) is 10.3. The van der Waals surface area contributed by atoms with Crippen molar-refractivity contribution in [3.05, 3.63) is 5.82 Å².